The number of rotatable bonds is 6. The molecule has 0 saturated heterocycles. The Balaban J connectivity index is 2.07. The third-order valence-electron chi connectivity index (χ3n) is 3.44. The van der Waals surface area contributed by atoms with Gasteiger partial charge in [-0.15, -0.1) is 0 Å². The van der Waals surface area contributed by atoms with E-state index in [0.29, 0.717) is 36.6 Å². The van der Waals surface area contributed by atoms with E-state index in [1.807, 2.05) is 32.0 Å². The van der Waals surface area contributed by atoms with Gasteiger partial charge in [0.15, 0.2) is 0 Å². The Labute approximate surface area is 129 Å². The van der Waals surface area contributed by atoms with Gasteiger partial charge in [0, 0.05) is 24.6 Å². The zero-order valence-corrected chi connectivity index (χ0v) is 13.2. The summed E-state index contributed by atoms with van der Waals surface area (Å²) in [5, 5.41) is 3.79. The summed E-state index contributed by atoms with van der Waals surface area (Å²) in [6, 6.07) is 7.42. The van der Waals surface area contributed by atoms with Crippen LogP contribution in [0.3, 0.4) is 0 Å². The highest BCUT2D eigenvalue weighted by Crippen LogP contribution is 2.18. The lowest BCUT2D eigenvalue weighted by molar-refractivity contribution is -0.121. The number of nitrogens with one attached hydrogen (secondary N) is 2. The fourth-order valence-corrected chi connectivity index (χ4v) is 2.32. The molecule has 2 rings (SSSR count). The molecule has 0 radical (unpaired) electrons. The van der Waals surface area contributed by atoms with Gasteiger partial charge < -0.3 is 15.0 Å². The van der Waals surface area contributed by atoms with E-state index < -0.39 is 0 Å². The summed E-state index contributed by atoms with van der Waals surface area (Å²) < 4.78 is 5.15. The van der Waals surface area contributed by atoms with E-state index in [2.05, 4.69) is 10.3 Å². The van der Waals surface area contributed by atoms with Crippen LogP contribution in [0.15, 0.2) is 29.1 Å². The highest BCUT2D eigenvalue weighted by molar-refractivity contribution is 5.80. The standard InChI is InChI=1S/C17H22N2O3/c1-11(2)8-16(20)18-7-6-13-9-12-4-5-14(22-3)10-15(12)19-17(13)21/h4-5,9-11H,6-8H2,1-3H3,(H,18,20)(H,19,21). The first-order valence-electron chi connectivity index (χ1n) is 7.46. The first kappa shape index (κ1) is 16.1. The van der Waals surface area contributed by atoms with Crippen LogP contribution in [-0.4, -0.2) is 24.5 Å². The number of aromatic amines is 1. The number of fused-ring (bicyclic) bond motifs is 1. The molecule has 0 bridgehead atoms. The third kappa shape index (κ3) is 4.10. The van der Waals surface area contributed by atoms with Gasteiger partial charge in [-0.2, -0.15) is 0 Å². The monoisotopic (exact) mass is 302 g/mol. The van der Waals surface area contributed by atoms with Crippen molar-refractivity contribution in [2.24, 2.45) is 5.92 Å². The average molecular weight is 302 g/mol. The Morgan fingerprint density at radius 3 is 2.77 bits per heavy atom. The highest BCUT2D eigenvalue weighted by Gasteiger charge is 2.07. The molecule has 0 fully saturated rings. The average Bonchev–Trinajstić information content (AvgIpc) is 2.46. The molecule has 0 atom stereocenters. The van der Waals surface area contributed by atoms with E-state index in [1.54, 1.807) is 13.2 Å². The number of aromatic nitrogens is 1. The molecule has 0 saturated carbocycles. The topological polar surface area (TPSA) is 71.2 Å². The van der Waals surface area contributed by atoms with Crippen molar-refractivity contribution in [2.75, 3.05) is 13.7 Å². The number of carbonyl (C=O) groups is 1. The summed E-state index contributed by atoms with van der Waals surface area (Å²) in [5.41, 5.74) is 1.29. The molecule has 1 aromatic carbocycles. The summed E-state index contributed by atoms with van der Waals surface area (Å²) in [6.07, 6.45) is 1.02. The molecule has 2 aromatic rings. The third-order valence-corrected chi connectivity index (χ3v) is 3.44. The van der Waals surface area contributed by atoms with Crippen molar-refractivity contribution in [2.45, 2.75) is 26.7 Å². The minimum Gasteiger partial charge on any atom is -0.497 e. The summed E-state index contributed by atoms with van der Waals surface area (Å²) >= 11 is 0. The molecule has 2 N–H and O–H groups in total. The number of benzene rings is 1. The summed E-state index contributed by atoms with van der Waals surface area (Å²) in [4.78, 5) is 26.5. The maximum atomic E-state index is 12.1. The molecule has 0 unspecified atom stereocenters. The first-order valence-corrected chi connectivity index (χ1v) is 7.46. The van der Waals surface area contributed by atoms with Crippen molar-refractivity contribution < 1.29 is 9.53 Å². The second-order valence-corrected chi connectivity index (χ2v) is 5.77. The van der Waals surface area contributed by atoms with Gasteiger partial charge in [-0.05, 0) is 35.9 Å². The van der Waals surface area contributed by atoms with Crippen LogP contribution in [0.4, 0.5) is 0 Å². The molecule has 118 valence electrons. The molecule has 0 aliphatic heterocycles. The van der Waals surface area contributed by atoms with Gasteiger partial charge in [0.1, 0.15) is 5.75 Å². The van der Waals surface area contributed by atoms with Crippen LogP contribution in [-0.2, 0) is 11.2 Å². The first-order chi connectivity index (χ1) is 10.5. The van der Waals surface area contributed by atoms with Gasteiger partial charge in [-0.1, -0.05) is 13.8 Å². The van der Waals surface area contributed by atoms with Gasteiger partial charge in [0.05, 0.1) is 12.6 Å². The van der Waals surface area contributed by atoms with Crippen LogP contribution in [0.2, 0.25) is 0 Å². The Bertz CT molecular complexity index is 719. The Kier molecular flexibility index (Phi) is 5.20. The molecule has 1 aromatic heterocycles. The molecule has 0 aliphatic carbocycles. The summed E-state index contributed by atoms with van der Waals surface area (Å²) in [5.74, 6) is 1.06. The molecule has 0 aliphatic rings. The second kappa shape index (κ2) is 7.11. The van der Waals surface area contributed by atoms with Crippen LogP contribution in [0.5, 0.6) is 5.75 Å². The van der Waals surface area contributed by atoms with Crippen LogP contribution in [0.1, 0.15) is 25.8 Å². The van der Waals surface area contributed by atoms with Gasteiger partial charge in [0.25, 0.3) is 5.56 Å². The molecule has 22 heavy (non-hydrogen) atoms. The van der Waals surface area contributed by atoms with E-state index in [0.717, 1.165) is 10.9 Å². The zero-order valence-electron chi connectivity index (χ0n) is 13.2. The Morgan fingerprint density at radius 2 is 2.09 bits per heavy atom. The van der Waals surface area contributed by atoms with Gasteiger partial charge in [-0.25, -0.2) is 0 Å². The number of hydrogen-bond acceptors (Lipinski definition) is 3. The Morgan fingerprint density at radius 1 is 1.32 bits per heavy atom. The maximum absolute atomic E-state index is 12.1. The second-order valence-electron chi connectivity index (χ2n) is 5.77. The molecular weight excluding hydrogens is 280 g/mol. The predicted molar refractivity (Wildman–Crippen MR) is 87.3 cm³/mol. The normalized spacial score (nSPS) is 10.9. The van der Waals surface area contributed by atoms with Crippen molar-refractivity contribution in [3.63, 3.8) is 0 Å². The van der Waals surface area contributed by atoms with Crippen LogP contribution in [0.25, 0.3) is 10.9 Å². The molecule has 5 nitrogen and oxygen atoms in total. The quantitative estimate of drug-likeness (QED) is 0.859. The van der Waals surface area contributed by atoms with Crippen molar-refractivity contribution in [3.8, 4) is 5.75 Å². The lowest BCUT2D eigenvalue weighted by atomic mass is 10.1. The predicted octanol–water partition coefficient (Wildman–Crippen LogP) is 2.24. The van der Waals surface area contributed by atoms with E-state index in [1.165, 1.54) is 0 Å². The van der Waals surface area contributed by atoms with Gasteiger partial charge in [0.2, 0.25) is 5.91 Å². The fourth-order valence-electron chi connectivity index (χ4n) is 2.32. The van der Waals surface area contributed by atoms with Crippen LogP contribution in [0, 0.1) is 5.92 Å². The molecular formula is C17H22N2O3. The molecule has 1 amide bonds. The van der Waals surface area contributed by atoms with Gasteiger partial charge in [-0.3, -0.25) is 9.59 Å². The number of ether oxygens (including phenoxy) is 1. The zero-order chi connectivity index (χ0) is 16.1. The number of pyridine rings is 1. The van der Waals surface area contributed by atoms with Crippen molar-refractivity contribution in [1.82, 2.24) is 10.3 Å². The number of H-pyrrole nitrogens is 1. The maximum Gasteiger partial charge on any atom is 0.251 e. The van der Waals surface area contributed by atoms with E-state index in [4.69, 9.17) is 4.74 Å². The minimum atomic E-state index is -0.126. The number of amides is 1. The van der Waals surface area contributed by atoms with E-state index >= 15 is 0 Å². The number of hydrogen-bond donors (Lipinski definition) is 2. The van der Waals surface area contributed by atoms with E-state index in [-0.39, 0.29) is 11.5 Å². The highest BCUT2D eigenvalue weighted by atomic mass is 16.5. The summed E-state index contributed by atoms with van der Waals surface area (Å²) in [7, 11) is 1.59. The van der Waals surface area contributed by atoms with E-state index in [9.17, 15) is 9.59 Å². The number of carbonyl (C=O) groups excluding carboxylic acids is 1. The SMILES string of the molecule is COc1ccc2cc(CCNC(=O)CC(C)C)c(=O)[nH]c2c1. The number of methoxy groups -OCH3 is 1. The summed E-state index contributed by atoms with van der Waals surface area (Å²) in [6.45, 7) is 4.47. The van der Waals surface area contributed by atoms with Crippen molar-refractivity contribution >= 4 is 16.8 Å². The van der Waals surface area contributed by atoms with Crippen LogP contribution >= 0.6 is 0 Å². The lowest BCUT2D eigenvalue weighted by Crippen LogP contribution is -2.28. The minimum absolute atomic E-state index is 0.0250. The lowest BCUT2D eigenvalue weighted by Gasteiger charge is -2.08. The smallest absolute Gasteiger partial charge is 0.251 e. The molecule has 1 heterocycles. The molecule has 5 heteroatoms. The van der Waals surface area contributed by atoms with Crippen molar-refractivity contribution in [3.05, 3.63) is 40.2 Å². The van der Waals surface area contributed by atoms with Crippen molar-refractivity contribution in [1.29, 1.82) is 0 Å². The van der Waals surface area contributed by atoms with Gasteiger partial charge >= 0.3 is 0 Å². The largest absolute Gasteiger partial charge is 0.497 e. The Hall–Kier alpha value is -2.30. The fraction of sp³-hybridized carbons (Fsp3) is 0.412. The van der Waals surface area contributed by atoms with Crippen LogP contribution < -0.4 is 15.6 Å². The molecule has 0 spiro atoms.